The number of nitrogens with zero attached hydrogens (tertiary/aromatic N) is 4. The van der Waals surface area contributed by atoms with Gasteiger partial charge in [0.05, 0.1) is 17.5 Å². The van der Waals surface area contributed by atoms with Crippen LogP contribution in [-0.2, 0) is 35.3 Å². The Morgan fingerprint density at radius 3 is 2.90 bits per heavy atom. The number of alkyl halides is 3. The van der Waals surface area contributed by atoms with Crippen LogP contribution in [0.2, 0.25) is 0 Å². The molecule has 0 radical (unpaired) electrons. The van der Waals surface area contributed by atoms with Gasteiger partial charge in [-0.05, 0) is 31.0 Å². The number of likely N-dealkylation sites (tertiary alicyclic amines) is 1. The van der Waals surface area contributed by atoms with Crippen LogP contribution in [0.1, 0.15) is 48.6 Å². The van der Waals surface area contributed by atoms with E-state index in [1.54, 1.807) is 6.07 Å². The molecule has 2 aliphatic heterocycles. The molecule has 2 atom stereocenters. The molecule has 7 nitrogen and oxygen atoms in total. The van der Waals surface area contributed by atoms with E-state index in [-0.39, 0.29) is 37.4 Å². The first-order valence-corrected chi connectivity index (χ1v) is 9.88. The smallest absolute Gasteiger partial charge is 0.346 e. The number of aromatic nitrogens is 3. The second kappa shape index (κ2) is 7.73. The Labute approximate surface area is 171 Å². The molecule has 1 fully saturated rings. The lowest BCUT2D eigenvalue weighted by Gasteiger charge is -2.19. The summed E-state index contributed by atoms with van der Waals surface area (Å²) in [6.45, 7) is 2.86. The van der Waals surface area contributed by atoms with Crippen molar-refractivity contribution in [2.24, 2.45) is 5.92 Å². The third kappa shape index (κ3) is 4.03. The Balaban J connectivity index is 1.38. The van der Waals surface area contributed by atoms with E-state index in [4.69, 9.17) is 0 Å². The van der Waals surface area contributed by atoms with Gasteiger partial charge in [-0.1, -0.05) is 12.1 Å². The number of hydrogen-bond acceptors (Lipinski definition) is 4. The lowest BCUT2D eigenvalue weighted by molar-refractivity contribution is -0.137. The van der Waals surface area contributed by atoms with Crippen LogP contribution in [0.5, 0.6) is 0 Å². The summed E-state index contributed by atoms with van der Waals surface area (Å²) in [5.74, 6) is 0.545. The van der Waals surface area contributed by atoms with E-state index in [0.717, 1.165) is 37.3 Å². The molecule has 0 unspecified atom stereocenters. The summed E-state index contributed by atoms with van der Waals surface area (Å²) < 4.78 is 40.7. The number of carbonyl (C=O) groups is 2. The standard InChI is InChI=1S/C20H22F3N5O2/c1-12(18-26-25-16-6-3-7-28(16)18)24-19(30)14-9-17(29)27(11-14)10-13-4-2-5-15(8-13)20(21,22)23/h2,4-5,8,12,14H,3,6-7,9-11H2,1H3,(H,24,30)/t12-,14-/m0/s1. The zero-order valence-corrected chi connectivity index (χ0v) is 16.4. The van der Waals surface area contributed by atoms with E-state index in [1.165, 1.54) is 11.0 Å². The lowest BCUT2D eigenvalue weighted by Crippen LogP contribution is -2.35. The molecule has 10 heteroatoms. The summed E-state index contributed by atoms with van der Waals surface area (Å²) in [6, 6.07) is 4.55. The van der Waals surface area contributed by atoms with E-state index in [2.05, 4.69) is 15.5 Å². The van der Waals surface area contributed by atoms with Crippen molar-refractivity contribution in [2.45, 2.75) is 51.5 Å². The van der Waals surface area contributed by atoms with Crippen LogP contribution in [0.15, 0.2) is 24.3 Å². The molecule has 0 aliphatic carbocycles. The van der Waals surface area contributed by atoms with Crippen LogP contribution in [0.4, 0.5) is 13.2 Å². The number of carbonyl (C=O) groups excluding carboxylic acids is 2. The summed E-state index contributed by atoms with van der Waals surface area (Å²) in [7, 11) is 0. The number of nitrogens with one attached hydrogen (secondary N) is 1. The Kier molecular flexibility index (Phi) is 5.25. The predicted octanol–water partition coefficient (Wildman–Crippen LogP) is 2.47. The molecule has 1 aromatic carbocycles. The highest BCUT2D eigenvalue weighted by Crippen LogP contribution is 2.30. The van der Waals surface area contributed by atoms with Crippen molar-refractivity contribution in [1.82, 2.24) is 25.0 Å². The molecule has 160 valence electrons. The third-order valence-electron chi connectivity index (χ3n) is 5.60. The van der Waals surface area contributed by atoms with Crippen molar-refractivity contribution in [1.29, 1.82) is 0 Å². The predicted molar refractivity (Wildman–Crippen MR) is 99.9 cm³/mol. The van der Waals surface area contributed by atoms with Crippen molar-refractivity contribution in [2.75, 3.05) is 6.54 Å². The summed E-state index contributed by atoms with van der Waals surface area (Å²) in [5.41, 5.74) is -0.373. The molecular weight excluding hydrogens is 399 g/mol. The summed E-state index contributed by atoms with van der Waals surface area (Å²) in [5, 5.41) is 11.2. The highest BCUT2D eigenvalue weighted by Gasteiger charge is 2.36. The van der Waals surface area contributed by atoms with Crippen molar-refractivity contribution >= 4 is 11.8 Å². The third-order valence-corrected chi connectivity index (χ3v) is 5.60. The van der Waals surface area contributed by atoms with Gasteiger partial charge in [0.2, 0.25) is 11.8 Å². The molecule has 4 rings (SSSR count). The normalized spacial score (nSPS) is 19.8. The van der Waals surface area contributed by atoms with Gasteiger partial charge in [-0.25, -0.2) is 0 Å². The van der Waals surface area contributed by atoms with Crippen LogP contribution < -0.4 is 5.32 Å². The van der Waals surface area contributed by atoms with Gasteiger partial charge in [0, 0.05) is 32.5 Å². The minimum absolute atomic E-state index is 0.0372. The molecule has 2 aromatic rings. The quantitative estimate of drug-likeness (QED) is 0.805. The monoisotopic (exact) mass is 421 g/mol. The highest BCUT2D eigenvalue weighted by molar-refractivity contribution is 5.89. The van der Waals surface area contributed by atoms with E-state index in [0.29, 0.717) is 11.4 Å². The van der Waals surface area contributed by atoms with Crippen LogP contribution in [0, 0.1) is 5.92 Å². The maximum Gasteiger partial charge on any atom is 0.416 e. The van der Waals surface area contributed by atoms with Crippen molar-refractivity contribution in [3.05, 3.63) is 47.0 Å². The van der Waals surface area contributed by atoms with Crippen LogP contribution in [0.25, 0.3) is 0 Å². The lowest BCUT2D eigenvalue weighted by atomic mass is 10.1. The fraction of sp³-hybridized carbons (Fsp3) is 0.500. The minimum atomic E-state index is -4.44. The van der Waals surface area contributed by atoms with Crippen LogP contribution >= 0.6 is 0 Å². The van der Waals surface area contributed by atoms with Gasteiger partial charge in [-0.2, -0.15) is 13.2 Å². The first-order valence-electron chi connectivity index (χ1n) is 9.88. The molecule has 2 amide bonds. The van der Waals surface area contributed by atoms with E-state index in [1.807, 2.05) is 11.5 Å². The van der Waals surface area contributed by atoms with E-state index >= 15 is 0 Å². The van der Waals surface area contributed by atoms with E-state index in [9.17, 15) is 22.8 Å². The molecule has 1 saturated heterocycles. The van der Waals surface area contributed by atoms with Gasteiger partial charge in [0.1, 0.15) is 5.82 Å². The number of fused-ring (bicyclic) bond motifs is 1. The average Bonchev–Trinajstić information content (AvgIpc) is 3.37. The van der Waals surface area contributed by atoms with Gasteiger partial charge in [-0.3, -0.25) is 9.59 Å². The van der Waals surface area contributed by atoms with Gasteiger partial charge in [-0.15, -0.1) is 10.2 Å². The number of hydrogen-bond donors (Lipinski definition) is 1. The molecular formula is C20H22F3N5O2. The highest BCUT2D eigenvalue weighted by atomic mass is 19.4. The zero-order valence-electron chi connectivity index (χ0n) is 16.4. The Hall–Kier alpha value is -2.91. The van der Waals surface area contributed by atoms with Gasteiger partial charge >= 0.3 is 6.18 Å². The largest absolute Gasteiger partial charge is 0.416 e. The molecule has 3 heterocycles. The second-order valence-electron chi connectivity index (χ2n) is 7.83. The molecule has 1 aromatic heterocycles. The molecule has 0 spiro atoms. The maximum absolute atomic E-state index is 12.9. The van der Waals surface area contributed by atoms with Gasteiger partial charge in [0.15, 0.2) is 5.82 Å². The summed E-state index contributed by atoms with van der Waals surface area (Å²) >= 11 is 0. The fourth-order valence-electron chi connectivity index (χ4n) is 4.06. The number of rotatable bonds is 5. The minimum Gasteiger partial charge on any atom is -0.346 e. The van der Waals surface area contributed by atoms with E-state index < -0.39 is 17.7 Å². The van der Waals surface area contributed by atoms with Gasteiger partial charge < -0.3 is 14.8 Å². The molecule has 2 aliphatic rings. The number of amides is 2. The Morgan fingerprint density at radius 2 is 2.13 bits per heavy atom. The second-order valence-corrected chi connectivity index (χ2v) is 7.83. The topological polar surface area (TPSA) is 80.1 Å². The summed E-state index contributed by atoms with van der Waals surface area (Å²) in [6.07, 6.45) is -2.53. The van der Waals surface area contributed by atoms with Crippen molar-refractivity contribution in [3.8, 4) is 0 Å². The van der Waals surface area contributed by atoms with Crippen molar-refractivity contribution < 1.29 is 22.8 Å². The van der Waals surface area contributed by atoms with Crippen molar-refractivity contribution in [3.63, 3.8) is 0 Å². The van der Waals surface area contributed by atoms with Crippen LogP contribution in [0.3, 0.4) is 0 Å². The number of aryl methyl sites for hydroxylation is 1. The zero-order chi connectivity index (χ0) is 21.5. The first-order chi connectivity index (χ1) is 14.2. The van der Waals surface area contributed by atoms with Gasteiger partial charge in [0.25, 0.3) is 0 Å². The Bertz CT molecular complexity index is 972. The molecule has 30 heavy (non-hydrogen) atoms. The molecule has 1 N–H and O–H groups in total. The fourth-order valence-corrected chi connectivity index (χ4v) is 4.06. The van der Waals surface area contributed by atoms with Crippen LogP contribution in [-0.4, -0.2) is 38.0 Å². The Morgan fingerprint density at radius 1 is 1.33 bits per heavy atom. The average molecular weight is 421 g/mol. The summed E-state index contributed by atoms with van der Waals surface area (Å²) in [4.78, 5) is 26.5. The molecule has 0 bridgehead atoms. The number of halogens is 3. The SMILES string of the molecule is C[C@H](NC(=O)[C@H]1CC(=O)N(Cc2cccc(C(F)(F)F)c2)C1)c1nnc2n1CCC2. The molecule has 0 saturated carbocycles. The number of benzene rings is 1. The first kappa shape index (κ1) is 20.4. The maximum atomic E-state index is 12.9.